The highest BCUT2D eigenvalue weighted by molar-refractivity contribution is 5.91. The zero-order chi connectivity index (χ0) is 15.4. The number of hydrogen-bond acceptors (Lipinski definition) is 2. The van der Waals surface area contributed by atoms with Gasteiger partial charge in [0, 0.05) is 30.9 Å². The van der Waals surface area contributed by atoms with Gasteiger partial charge in [0.1, 0.15) is 0 Å². The monoisotopic (exact) mass is 283 g/mol. The van der Waals surface area contributed by atoms with E-state index >= 15 is 0 Å². The zero-order valence-electron chi connectivity index (χ0n) is 13.0. The number of benzene rings is 1. The first kappa shape index (κ1) is 15.0. The van der Waals surface area contributed by atoms with Crippen LogP contribution in [0, 0.1) is 20.8 Å². The second-order valence-electron chi connectivity index (χ2n) is 5.24. The van der Waals surface area contributed by atoms with Gasteiger partial charge in [-0.2, -0.15) is 5.10 Å². The van der Waals surface area contributed by atoms with Crippen LogP contribution >= 0.6 is 0 Å². The van der Waals surface area contributed by atoms with Crippen LogP contribution in [-0.4, -0.2) is 15.7 Å². The molecule has 1 aromatic heterocycles. The molecular weight excluding hydrogens is 262 g/mol. The van der Waals surface area contributed by atoms with Gasteiger partial charge in [0.15, 0.2) is 0 Å². The van der Waals surface area contributed by atoms with Crippen molar-refractivity contribution in [2.75, 3.05) is 0 Å². The number of hydrogen-bond donors (Lipinski definition) is 1. The van der Waals surface area contributed by atoms with Crippen molar-refractivity contribution in [2.45, 2.75) is 27.3 Å². The third-order valence-corrected chi connectivity index (χ3v) is 3.55. The Morgan fingerprint density at radius 3 is 2.48 bits per heavy atom. The van der Waals surface area contributed by atoms with E-state index in [-0.39, 0.29) is 5.91 Å². The van der Waals surface area contributed by atoms with E-state index in [0.717, 1.165) is 22.5 Å². The third kappa shape index (κ3) is 3.81. The third-order valence-electron chi connectivity index (χ3n) is 3.55. The van der Waals surface area contributed by atoms with Crippen molar-refractivity contribution in [2.24, 2.45) is 7.05 Å². The number of nitrogens with one attached hydrogen (secondary N) is 1. The minimum Gasteiger partial charge on any atom is -0.348 e. The van der Waals surface area contributed by atoms with E-state index in [0.29, 0.717) is 6.54 Å². The lowest BCUT2D eigenvalue weighted by Crippen LogP contribution is -2.20. The molecule has 2 rings (SSSR count). The molecule has 0 saturated carbocycles. The Morgan fingerprint density at radius 2 is 1.90 bits per heavy atom. The molecule has 110 valence electrons. The average Bonchev–Trinajstić information content (AvgIpc) is 2.69. The summed E-state index contributed by atoms with van der Waals surface area (Å²) in [5.74, 6) is -0.0989. The molecule has 0 saturated heterocycles. The van der Waals surface area contributed by atoms with Crippen molar-refractivity contribution in [3.05, 3.63) is 58.4 Å². The quantitative estimate of drug-likeness (QED) is 0.877. The van der Waals surface area contributed by atoms with Gasteiger partial charge in [-0.15, -0.1) is 0 Å². The van der Waals surface area contributed by atoms with Crippen LogP contribution in [0.5, 0.6) is 0 Å². The Hall–Kier alpha value is -2.36. The molecule has 21 heavy (non-hydrogen) atoms. The molecule has 0 aliphatic carbocycles. The minimum atomic E-state index is -0.0989. The first-order chi connectivity index (χ1) is 9.97. The summed E-state index contributed by atoms with van der Waals surface area (Å²) in [6.07, 6.45) is 3.38. The number of amides is 1. The van der Waals surface area contributed by atoms with E-state index in [2.05, 4.69) is 10.4 Å². The lowest BCUT2D eigenvalue weighted by atomic mass is 10.1. The molecule has 0 radical (unpaired) electrons. The molecule has 1 aromatic carbocycles. The molecule has 0 aliphatic rings. The molecule has 1 amide bonds. The summed E-state index contributed by atoms with van der Waals surface area (Å²) in [4.78, 5) is 11.9. The molecule has 0 fully saturated rings. The number of aryl methyl sites for hydroxylation is 3. The summed E-state index contributed by atoms with van der Waals surface area (Å²) in [5.41, 5.74) is 5.29. The van der Waals surface area contributed by atoms with Crippen molar-refractivity contribution in [1.29, 1.82) is 0 Å². The Kier molecular flexibility index (Phi) is 4.58. The van der Waals surface area contributed by atoms with Crippen LogP contribution in [-0.2, 0) is 18.4 Å². The van der Waals surface area contributed by atoms with Crippen molar-refractivity contribution < 1.29 is 4.79 Å². The predicted molar refractivity (Wildman–Crippen MR) is 84.7 cm³/mol. The van der Waals surface area contributed by atoms with Gasteiger partial charge in [0.2, 0.25) is 5.91 Å². The van der Waals surface area contributed by atoms with Gasteiger partial charge in [-0.25, -0.2) is 0 Å². The average molecular weight is 283 g/mol. The first-order valence-corrected chi connectivity index (χ1v) is 6.99. The normalized spacial score (nSPS) is 11.0. The fourth-order valence-electron chi connectivity index (χ4n) is 2.14. The number of carbonyl (C=O) groups is 1. The SMILES string of the molecule is Cc1ccc(CNC(=O)/C=C/c2c(C)nn(C)c2C)cc1. The van der Waals surface area contributed by atoms with Crippen LogP contribution in [0.25, 0.3) is 6.08 Å². The van der Waals surface area contributed by atoms with Gasteiger partial charge in [-0.3, -0.25) is 9.48 Å². The van der Waals surface area contributed by atoms with Crippen LogP contribution in [0.15, 0.2) is 30.3 Å². The van der Waals surface area contributed by atoms with Crippen LogP contribution in [0.3, 0.4) is 0 Å². The van der Waals surface area contributed by atoms with E-state index in [1.807, 2.05) is 62.8 Å². The highest BCUT2D eigenvalue weighted by atomic mass is 16.1. The topological polar surface area (TPSA) is 46.9 Å². The summed E-state index contributed by atoms with van der Waals surface area (Å²) in [7, 11) is 1.90. The minimum absolute atomic E-state index is 0.0989. The Balaban J connectivity index is 1.95. The van der Waals surface area contributed by atoms with Gasteiger partial charge in [-0.05, 0) is 32.4 Å². The van der Waals surface area contributed by atoms with Gasteiger partial charge >= 0.3 is 0 Å². The van der Waals surface area contributed by atoms with Crippen LogP contribution in [0.2, 0.25) is 0 Å². The zero-order valence-corrected chi connectivity index (χ0v) is 13.0. The fourth-order valence-corrected chi connectivity index (χ4v) is 2.14. The van der Waals surface area contributed by atoms with Crippen molar-refractivity contribution in [3.8, 4) is 0 Å². The summed E-state index contributed by atoms with van der Waals surface area (Å²) in [6, 6.07) is 8.13. The second-order valence-corrected chi connectivity index (χ2v) is 5.24. The van der Waals surface area contributed by atoms with Gasteiger partial charge in [0.25, 0.3) is 0 Å². The number of aromatic nitrogens is 2. The van der Waals surface area contributed by atoms with Crippen LogP contribution < -0.4 is 5.32 Å². The van der Waals surface area contributed by atoms with Gasteiger partial charge < -0.3 is 5.32 Å². The molecule has 0 aliphatic heterocycles. The highest BCUT2D eigenvalue weighted by Crippen LogP contribution is 2.13. The van der Waals surface area contributed by atoms with Crippen molar-refractivity contribution in [1.82, 2.24) is 15.1 Å². The molecular formula is C17H21N3O. The largest absolute Gasteiger partial charge is 0.348 e. The fraction of sp³-hybridized carbons (Fsp3) is 0.294. The lowest BCUT2D eigenvalue weighted by Gasteiger charge is -2.03. The lowest BCUT2D eigenvalue weighted by molar-refractivity contribution is -0.116. The highest BCUT2D eigenvalue weighted by Gasteiger charge is 2.06. The number of carbonyl (C=O) groups excluding carboxylic acids is 1. The molecule has 2 aromatic rings. The van der Waals surface area contributed by atoms with E-state index in [4.69, 9.17) is 0 Å². The van der Waals surface area contributed by atoms with Crippen LogP contribution in [0.1, 0.15) is 28.1 Å². The smallest absolute Gasteiger partial charge is 0.244 e. The van der Waals surface area contributed by atoms with Gasteiger partial charge in [0.05, 0.1) is 5.69 Å². The molecule has 0 bridgehead atoms. The summed E-state index contributed by atoms with van der Waals surface area (Å²) in [6.45, 7) is 6.51. The molecule has 1 N–H and O–H groups in total. The predicted octanol–water partition coefficient (Wildman–Crippen LogP) is 2.67. The van der Waals surface area contributed by atoms with E-state index in [9.17, 15) is 4.79 Å². The first-order valence-electron chi connectivity index (χ1n) is 6.99. The Bertz CT molecular complexity index is 666. The molecule has 0 unspecified atom stereocenters. The molecule has 0 atom stereocenters. The summed E-state index contributed by atoms with van der Waals surface area (Å²) < 4.78 is 1.82. The van der Waals surface area contributed by atoms with Gasteiger partial charge in [-0.1, -0.05) is 29.8 Å². The van der Waals surface area contributed by atoms with Crippen LogP contribution in [0.4, 0.5) is 0 Å². The van der Waals surface area contributed by atoms with Crippen molar-refractivity contribution >= 4 is 12.0 Å². The maximum Gasteiger partial charge on any atom is 0.244 e. The number of rotatable bonds is 4. The Morgan fingerprint density at radius 1 is 1.24 bits per heavy atom. The van der Waals surface area contributed by atoms with Crippen molar-refractivity contribution in [3.63, 3.8) is 0 Å². The summed E-state index contributed by atoms with van der Waals surface area (Å²) >= 11 is 0. The molecule has 0 spiro atoms. The molecule has 4 nitrogen and oxygen atoms in total. The standard InChI is InChI=1S/C17H21N3O/c1-12-5-7-15(8-6-12)11-18-17(21)10-9-16-13(2)19-20(4)14(16)3/h5-10H,11H2,1-4H3,(H,18,21)/b10-9+. The Labute approximate surface area is 125 Å². The second kappa shape index (κ2) is 6.39. The number of nitrogens with zero attached hydrogens (tertiary/aromatic N) is 2. The molecule has 4 heteroatoms. The maximum absolute atomic E-state index is 11.9. The maximum atomic E-state index is 11.9. The van der Waals surface area contributed by atoms with E-state index in [1.54, 1.807) is 6.08 Å². The summed E-state index contributed by atoms with van der Waals surface area (Å²) in [5, 5.41) is 7.21. The van der Waals surface area contributed by atoms with E-state index in [1.165, 1.54) is 5.56 Å². The molecule has 1 heterocycles. The van der Waals surface area contributed by atoms with E-state index < -0.39 is 0 Å².